The average molecular weight is 215 g/mol. The zero-order valence-corrected chi connectivity index (χ0v) is 8.45. The van der Waals surface area contributed by atoms with E-state index in [0.717, 1.165) is 0 Å². The van der Waals surface area contributed by atoms with Crippen molar-refractivity contribution in [2.45, 2.75) is 13.0 Å². The van der Waals surface area contributed by atoms with Gasteiger partial charge < -0.3 is 10.4 Å². The van der Waals surface area contributed by atoms with Crippen molar-refractivity contribution in [2.24, 2.45) is 0 Å². The Bertz CT molecular complexity index is 328. The van der Waals surface area contributed by atoms with E-state index in [9.17, 15) is 4.79 Å². The Balaban J connectivity index is 2.65. The maximum atomic E-state index is 11.4. The molecule has 5 heteroatoms. The third-order valence-corrected chi connectivity index (χ3v) is 1.88. The first-order valence-corrected chi connectivity index (χ1v) is 4.55. The van der Waals surface area contributed by atoms with Gasteiger partial charge in [-0.15, -0.1) is 0 Å². The average Bonchev–Trinajstić information content (AvgIpc) is 2.15. The van der Waals surface area contributed by atoms with Crippen molar-refractivity contribution >= 4 is 17.5 Å². The molecule has 0 bridgehead atoms. The summed E-state index contributed by atoms with van der Waals surface area (Å²) in [4.78, 5) is 15.2. The molecule has 1 aromatic heterocycles. The zero-order valence-electron chi connectivity index (χ0n) is 7.70. The van der Waals surface area contributed by atoms with E-state index < -0.39 is 6.10 Å². The van der Waals surface area contributed by atoms with Crippen molar-refractivity contribution in [1.82, 2.24) is 10.3 Å². The number of rotatable bonds is 3. The van der Waals surface area contributed by atoms with Crippen LogP contribution in [0.5, 0.6) is 0 Å². The molecule has 0 aliphatic heterocycles. The van der Waals surface area contributed by atoms with Crippen LogP contribution >= 0.6 is 11.6 Å². The Labute approximate surface area is 86.9 Å². The third kappa shape index (κ3) is 2.97. The molecule has 0 spiro atoms. The Morgan fingerprint density at radius 3 is 3.07 bits per heavy atom. The summed E-state index contributed by atoms with van der Waals surface area (Å²) >= 11 is 5.75. The fraction of sp³-hybridized carbons (Fsp3) is 0.333. The molecule has 1 aromatic rings. The molecule has 0 aliphatic rings. The lowest BCUT2D eigenvalue weighted by Crippen LogP contribution is -2.30. The minimum Gasteiger partial charge on any atom is -0.392 e. The van der Waals surface area contributed by atoms with E-state index >= 15 is 0 Å². The molecule has 0 aliphatic carbocycles. The summed E-state index contributed by atoms with van der Waals surface area (Å²) in [7, 11) is 0. The lowest BCUT2D eigenvalue weighted by Gasteiger charge is -2.07. The minimum atomic E-state index is -0.570. The summed E-state index contributed by atoms with van der Waals surface area (Å²) in [5.41, 5.74) is 0.363. The lowest BCUT2D eigenvalue weighted by molar-refractivity contribution is 0.0924. The number of nitrogens with one attached hydrogen (secondary N) is 1. The number of halogens is 1. The lowest BCUT2D eigenvalue weighted by atomic mass is 10.2. The van der Waals surface area contributed by atoms with Crippen LogP contribution in [-0.2, 0) is 0 Å². The number of carbonyl (C=O) groups is 1. The first kappa shape index (κ1) is 10.9. The number of aliphatic hydroxyl groups excluding tert-OH is 1. The predicted molar refractivity (Wildman–Crippen MR) is 53.3 cm³/mol. The van der Waals surface area contributed by atoms with Gasteiger partial charge in [0.1, 0.15) is 0 Å². The van der Waals surface area contributed by atoms with Crippen LogP contribution in [0.3, 0.4) is 0 Å². The topological polar surface area (TPSA) is 62.2 Å². The summed E-state index contributed by atoms with van der Waals surface area (Å²) in [5, 5.41) is 11.8. The monoisotopic (exact) mass is 214 g/mol. The van der Waals surface area contributed by atoms with Crippen LogP contribution in [0.15, 0.2) is 18.5 Å². The maximum absolute atomic E-state index is 11.4. The number of aromatic nitrogens is 1. The zero-order chi connectivity index (χ0) is 10.6. The molecule has 1 rings (SSSR count). The SMILES string of the molecule is C[C@@H](O)CNC(=O)c1ccncc1Cl. The fourth-order valence-corrected chi connectivity index (χ4v) is 1.10. The normalized spacial score (nSPS) is 12.2. The number of nitrogens with zero attached hydrogens (tertiary/aromatic N) is 1. The highest BCUT2D eigenvalue weighted by molar-refractivity contribution is 6.33. The first-order valence-electron chi connectivity index (χ1n) is 4.17. The smallest absolute Gasteiger partial charge is 0.252 e. The Kier molecular flexibility index (Phi) is 3.85. The highest BCUT2D eigenvalue weighted by atomic mass is 35.5. The Morgan fingerprint density at radius 1 is 1.79 bits per heavy atom. The van der Waals surface area contributed by atoms with Gasteiger partial charge in [-0.2, -0.15) is 0 Å². The highest BCUT2D eigenvalue weighted by Gasteiger charge is 2.09. The summed E-state index contributed by atoms with van der Waals surface area (Å²) in [6.07, 6.45) is 2.32. The number of aliphatic hydroxyl groups is 1. The van der Waals surface area contributed by atoms with Crippen LogP contribution in [0.4, 0.5) is 0 Å². The van der Waals surface area contributed by atoms with Gasteiger partial charge in [0, 0.05) is 18.9 Å². The van der Waals surface area contributed by atoms with Crippen LogP contribution < -0.4 is 5.32 Å². The molecule has 14 heavy (non-hydrogen) atoms. The number of carbonyl (C=O) groups excluding carboxylic acids is 1. The number of pyridine rings is 1. The quantitative estimate of drug-likeness (QED) is 0.784. The van der Waals surface area contributed by atoms with Gasteiger partial charge in [-0.3, -0.25) is 9.78 Å². The molecule has 0 saturated carbocycles. The van der Waals surface area contributed by atoms with E-state index in [0.29, 0.717) is 10.6 Å². The van der Waals surface area contributed by atoms with Crippen molar-refractivity contribution < 1.29 is 9.90 Å². The van der Waals surface area contributed by atoms with Crippen molar-refractivity contribution in [2.75, 3.05) is 6.54 Å². The van der Waals surface area contributed by atoms with E-state index in [2.05, 4.69) is 10.3 Å². The largest absolute Gasteiger partial charge is 0.392 e. The van der Waals surface area contributed by atoms with Gasteiger partial charge in [-0.05, 0) is 13.0 Å². The van der Waals surface area contributed by atoms with Gasteiger partial charge in [0.15, 0.2) is 0 Å². The van der Waals surface area contributed by atoms with Crippen molar-refractivity contribution in [1.29, 1.82) is 0 Å². The van der Waals surface area contributed by atoms with Crippen LogP contribution in [0.25, 0.3) is 0 Å². The fourth-order valence-electron chi connectivity index (χ4n) is 0.895. The van der Waals surface area contributed by atoms with Gasteiger partial charge in [0.2, 0.25) is 0 Å². The number of amides is 1. The standard InChI is InChI=1S/C9H11ClN2O2/c1-6(13)4-12-9(14)7-2-3-11-5-8(7)10/h2-3,5-6,13H,4H2,1H3,(H,12,14)/t6-/m1/s1. The minimum absolute atomic E-state index is 0.206. The molecule has 1 heterocycles. The van der Waals surface area contributed by atoms with E-state index in [1.165, 1.54) is 18.5 Å². The second-order valence-corrected chi connectivity index (χ2v) is 3.32. The Hall–Kier alpha value is -1.13. The van der Waals surface area contributed by atoms with Gasteiger partial charge >= 0.3 is 0 Å². The highest BCUT2D eigenvalue weighted by Crippen LogP contribution is 2.12. The van der Waals surface area contributed by atoms with Gasteiger partial charge in [-0.25, -0.2) is 0 Å². The third-order valence-electron chi connectivity index (χ3n) is 1.58. The molecule has 0 aromatic carbocycles. The Morgan fingerprint density at radius 2 is 2.50 bits per heavy atom. The molecule has 4 nitrogen and oxygen atoms in total. The van der Waals surface area contributed by atoms with E-state index in [1.54, 1.807) is 6.92 Å². The number of hydrogen-bond acceptors (Lipinski definition) is 3. The molecule has 1 amide bonds. The molecule has 0 radical (unpaired) electrons. The van der Waals surface area contributed by atoms with Crippen molar-refractivity contribution in [3.8, 4) is 0 Å². The molecule has 0 saturated heterocycles. The van der Waals surface area contributed by atoms with E-state index in [1.807, 2.05) is 0 Å². The van der Waals surface area contributed by atoms with Crippen molar-refractivity contribution in [3.05, 3.63) is 29.0 Å². The van der Waals surface area contributed by atoms with Crippen molar-refractivity contribution in [3.63, 3.8) is 0 Å². The molecule has 2 N–H and O–H groups in total. The van der Waals surface area contributed by atoms with Gasteiger partial charge in [0.25, 0.3) is 5.91 Å². The van der Waals surface area contributed by atoms with Crippen LogP contribution in [0, 0.1) is 0 Å². The predicted octanol–water partition coefficient (Wildman–Crippen LogP) is 0.846. The molecule has 76 valence electrons. The van der Waals surface area contributed by atoms with Crippen LogP contribution in [-0.4, -0.2) is 28.6 Å². The first-order chi connectivity index (χ1) is 6.61. The summed E-state index contributed by atoms with van der Waals surface area (Å²) < 4.78 is 0. The van der Waals surface area contributed by atoms with Crippen LogP contribution in [0.1, 0.15) is 17.3 Å². The van der Waals surface area contributed by atoms with E-state index in [4.69, 9.17) is 16.7 Å². The maximum Gasteiger partial charge on any atom is 0.252 e. The molecular formula is C9H11ClN2O2. The van der Waals surface area contributed by atoms with E-state index in [-0.39, 0.29) is 12.5 Å². The summed E-state index contributed by atoms with van der Waals surface area (Å²) in [6, 6.07) is 1.53. The molecule has 1 atom stereocenters. The van der Waals surface area contributed by atoms with Gasteiger partial charge in [0.05, 0.1) is 16.7 Å². The summed E-state index contributed by atoms with van der Waals surface area (Å²) in [5.74, 6) is -0.307. The second-order valence-electron chi connectivity index (χ2n) is 2.91. The summed E-state index contributed by atoms with van der Waals surface area (Å²) in [6.45, 7) is 1.80. The van der Waals surface area contributed by atoms with Gasteiger partial charge in [-0.1, -0.05) is 11.6 Å². The molecule has 0 fully saturated rings. The van der Waals surface area contributed by atoms with Crippen LogP contribution in [0.2, 0.25) is 5.02 Å². The molecule has 0 unspecified atom stereocenters. The second kappa shape index (κ2) is 4.93. The number of hydrogen-bond donors (Lipinski definition) is 2. The molecular weight excluding hydrogens is 204 g/mol.